The summed E-state index contributed by atoms with van der Waals surface area (Å²) in [6.45, 7) is 10.1. The van der Waals surface area contributed by atoms with Crippen LogP contribution in [0.3, 0.4) is 0 Å². The van der Waals surface area contributed by atoms with Crippen LogP contribution < -0.4 is 0 Å². The summed E-state index contributed by atoms with van der Waals surface area (Å²) in [7, 11) is -1.52. The lowest BCUT2D eigenvalue weighted by atomic mass is 9.67. The fraction of sp³-hybridized carbons (Fsp3) is 0.385. The predicted octanol–water partition coefficient (Wildman–Crippen LogP) is 7.03. The van der Waals surface area contributed by atoms with Crippen LogP contribution >= 0.6 is 0 Å². The molecule has 0 N–H and O–H groups in total. The largest absolute Gasteiger partial charge is 0.418 e. The maximum Gasteiger partial charge on any atom is 0.183 e. The molecule has 4 rings (SSSR count). The Bertz CT molecular complexity index is 932. The minimum atomic E-state index is -1.52. The zero-order chi connectivity index (χ0) is 19.8. The molecular formula is C26H32OSi. The number of fused-ring (bicyclic) bond motifs is 3. The topological polar surface area (TPSA) is 9.23 Å². The van der Waals surface area contributed by atoms with Gasteiger partial charge < -0.3 is 4.43 Å². The lowest BCUT2D eigenvalue weighted by Gasteiger charge is -2.38. The van der Waals surface area contributed by atoms with E-state index in [1.54, 1.807) is 5.57 Å². The van der Waals surface area contributed by atoms with Gasteiger partial charge in [0.15, 0.2) is 8.32 Å². The fourth-order valence-corrected chi connectivity index (χ4v) is 5.72. The van der Waals surface area contributed by atoms with Crippen molar-refractivity contribution in [2.45, 2.75) is 57.7 Å². The smallest absolute Gasteiger partial charge is 0.183 e. The van der Waals surface area contributed by atoms with Gasteiger partial charge in [0.2, 0.25) is 0 Å². The maximum atomic E-state index is 6.34. The van der Waals surface area contributed by atoms with Gasteiger partial charge in [0.1, 0.15) is 0 Å². The van der Waals surface area contributed by atoms with E-state index in [-0.39, 0.29) is 5.41 Å². The van der Waals surface area contributed by atoms with Crippen molar-refractivity contribution < 1.29 is 4.43 Å². The molecule has 2 aromatic rings. The molecule has 2 aromatic carbocycles. The number of hydrogen-bond donors (Lipinski definition) is 0. The number of hydrogen-bond acceptors (Lipinski definition) is 1. The summed E-state index contributed by atoms with van der Waals surface area (Å²) in [5.41, 5.74) is 9.00. The first-order chi connectivity index (χ1) is 13.4. The van der Waals surface area contributed by atoms with E-state index in [2.05, 4.69) is 87.3 Å². The summed E-state index contributed by atoms with van der Waals surface area (Å²) in [4.78, 5) is 0. The van der Waals surface area contributed by atoms with Crippen molar-refractivity contribution in [3.8, 4) is 11.1 Å². The molecule has 0 spiro atoms. The van der Waals surface area contributed by atoms with Gasteiger partial charge in [-0.15, -0.1) is 0 Å². The first-order valence-electron chi connectivity index (χ1n) is 10.7. The van der Waals surface area contributed by atoms with Crippen molar-refractivity contribution in [2.75, 3.05) is 6.61 Å². The SMILES string of the molecule is CCC(CCO[Si](C)(C)C)(C1=CC=CC1)c1cccc2c1Cc1ccccc1-2. The van der Waals surface area contributed by atoms with Crippen LogP contribution in [0.4, 0.5) is 0 Å². The molecule has 146 valence electrons. The Morgan fingerprint density at radius 1 is 1.00 bits per heavy atom. The van der Waals surface area contributed by atoms with E-state index in [0.717, 1.165) is 32.3 Å². The normalized spacial score (nSPS) is 17.2. The van der Waals surface area contributed by atoms with Crippen molar-refractivity contribution in [1.29, 1.82) is 0 Å². The van der Waals surface area contributed by atoms with E-state index in [1.165, 1.54) is 27.8 Å². The molecule has 28 heavy (non-hydrogen) atoms. The molecule has 2 heteroatoms. The Kier molecular flexibility index (Phi) is 5.20. The van der Waals surface area contributed by atoms with Gasteiger partial charge in [-0.25, -0.2) is 0 Å². The Hall–Kier alpha value is -1.90. The Labute approximate surface area is 171 Å². The van der Waals surface area contributed by atoms with E-state index in [1.807, 2.05) is 0 Å². The molecule has 1 atom stereocenters. The molecule has 0 aromatic heterocycles. The molecule has 0 saturated heterocycles. The number of allylic oxidation sites excluding steroid dienone is 4. The lowest BCUT2D eigenvalue weighted by molar-refractivity contribution is 0.261. The first-order valence-corrected chi connectivity index (χ1v) is 14.1. The standard InChI is InChI=1S/C26H32OSi/c1-5-26(21-12-7-8-13-21,17-18-27-28(2,3)4)25-16-10-15-23-22-14-9-6-11-20(22)19-24(23)25/h6-12,14-16H,5,13,17-19H2,1-4H3. The second kappa shape index (κ2) is 7.49. The third-order valence-corrected chi connectivity index (χ3v) is 7.49. The molecule has 0 radical (unpaired) electrons. The molecule has 0 aliphatic heterocycles. The predicted molar refractivity (Wildman–Crippen MR) is 122 cm³/mol. The highest BCUT2D eigenvalue weighted by atomic mass is 28.4. The minimum Gasteiger partial charge on any atom is -0.418 e. The molecule has 0 amide bonds. The molecule has 2 aliphatic carbocycles. The highest BCUT2D eigenvalue weighted by Crippen LogP contribution is 2.48. The van der Waals surface area contributed by atoms with Crippen molar-refractivity contribution in [2.24, 2.45) is 0 Å². The molecule has 0 bridgehead atoms. The van der Waals surface area contributed by atoms with Gasteiger partial charge in [-0.2, -0.15) is 0 Å². The van der Waals surface area contributed by atoms with Crippen LogP contribution in [0.5, 0.6) is 0 Å². The lowest BCUT2D eigenvalue weighted by Crippen LogP contribution is -2.34. The van der Waals surface area contributed by atoms with Crippen LogP contribution in [0.25, 0.3) is 11.1 Å². The molecule has 2 aliphatic rings. The summed E-state index contributed by atoms with van der Waals surface area (Å²) in [6.07, 6.45) is 11.2. The van der Waals surface area contributed by atoms with Crippen LogP contribution in [0.2, 0.25) is 19.6 Å². The van der Waals surface area contributed by atoms with Gasteiger partial charge in [-0.3, -0.25) is 0 Å². The molecule has 1 nitrogen and oxygen atoms in total. The van der Waals surface area contributed by atoms with Gasteiger partial charge in [-0.05, 0) is 73.1 Å². The fourth-order valence-electron chi connectivity index (χ4n) is 5.00. The van der Waals surface area contributed by atoms with Crippen LogP contribution in [0.1, 0.15) is 42.9 Å². The molecule has 0 heterocycles. The molecular weight excluding hydrogens is 356 g/mol. The first kappa shape index (κ1) is 19.4. The Morgan fingerprint density at radius 2 is 1.79 bits per heavy atom. The third kappa shape index (κ3) is 3.44. The van der Waals surface area contributed by atoms with Crippen molar-refractivity contribution in [3.63, 3.8) is 0 Å². The summed E-state index contributed by atoms with van der Waals surface area (Å²) in [6, 6.07) is 15.9. The van der Waals surface area contributed by atoms with E-state index in [9.17, 15) is 0 Å². The Morgan fingerprint density at radius 3 is 2.50 bits per heavy atom. The van der Waals surface area contributed by atoms with Crippen LogP contribution in [0.15, 0.2) is 66.3 Å². The summed E-state index contributed by atoms with van der Waals surface area (Å²) in [5, 5.41) is 0. The van der Waals surface area contributed by atoms with Crippen LogP contribution in [-0.4, -0.2) is 14.9 Å². The van der Waals surface area contributed by atoms with E-state index >= 15 is 0 Å². The van der Waals surface area contributed by atoms with E-state index in [4.69, 9.17) is 4.43 Å². The van der Waals surface area contributed by atoms with Gasteiger partial charge >= 0.3 is 0 Å². The monoisotopic (exact) mass is 388 g/mol. The highest BCUT2D eigenvalue weighted by Gasteiger charge is 2.38. The average molecular weight is 389 g/mol. The van der Waals surface area contributed by atoms with Gasteiger partial charge in [-0.1, -0.05) is 73.2 Å². The summed E-state index contributed by atoms with van der Waals surface area (Å²) < 4.78 is 6.34. The maximum absolute atomic E-state index is 6.34. The molecule has 1 unspecified atom stereocenters. The van der Waals surface area contributed by atoms with Crippen LogP contribution in [0, 0.1) is 0 Å². The third-order valence-electron chi connectivity index (χ3n) is 6.42. The summed E-state index contributed by atoms with van der Waals surface area (Å²) in [5.74, 6) is 0. The highest BCUT2D eigenvalue weighted by molar-refractivity contribution is 6.69. The molecule has 0 fully saturated rings. The zero-order valence-corrected chi connectivity index (χ0v) is 18.7. The van der Waals surface area contributed by atoms with Crippen molar-refractivity contribution >= 4 is 8.32 Å². The number of benzene rings is 2. The van der Waals surface area contributed by atoms with Crippen molar-refractivity contribution in [1.82, 2.24) is 0 Å². The molecule has 0 saturated carbocycles. The van der Waals surface area contributed by atoms with E-state index in [0.29, 0.717) is 0 Å². The average Bonchev–Trinajstić information content (AvgIpc) is 3.32. The van der Waals surface area contributed by atoms with Crippen LogP contribution in [-0.2, 0) is 16.3 Å². The van der Waals surface area contributed by atoms with E-state index < -0.39 is 8.32 Å². The number of rotatable bonds is 7. The van der Waals surface area contributed by atoms with Gasteiger partial charge in [0, 0.05) is 12.0 Å². The Balaban J connectivity index is 1.78. The summed E-state index contributed by atoms with van der Waals surface area (Å²) >= 11 is 0. The second-order valence-electron chi connectivity index (χ2n) is 9.14. The van der Waals surface area contributed by atoms with Gasteiger partial charge in [0.05, 0.1) is 0 Å². The second-order valence-corrected chi connectivity index (χ2v) is 13.6. The quantitative estimate of drug-likeness (QED) is 0.395. The van der Waals surface area contributed by atoms with Gasteiger partial charge in [0.25, 0.3) is 0 Å². The minimum absolute atomic E-state index is 0.0660. The van der Waals surface area contributed by atoms with Crippen molar-refractivity contribution in [3.05, 3.63) is 83.0 Å². The zero-order valence-electron chi connectivity index (χ0n) is 17.7.